The molecule has 1 aliphatic heterocycles. The molecule has 0 radical (unpaired) electrons. The van der Waals surface area contributed by atoms with Gasteiger partial charge in [-0.25, -0.2) is 4.79 Å². The van der Waals surface area contributed by atoms with Crippen molar-refractivity contribution < 1.29 is 4.79 Å². The largest absolute Gasteiger partial charge is 0.397 e. The fraction of sp³-hybridized carbons (Fsp3) is 0. The maximum Gasteiger partial charge on any atom is 0.368 e. The summed E-state index contributed by atoms with van der Waals surface area (Å²) in [5, 5.41) is 1.06. The highest BCUT2D eigenvalue weighted by molar-refractivity contribution is 5.85. The Labute approximate surface area is 74.2 Å². The number of para-hydroxylation sites is 1. The van der Waals surface area contributed by atoms with Crippen LogP contribution >= 0.6 is 12.4 Å². The molecule has 0 bridgehead atoms. The molecule has 0 fully saturated rings. The van der Waals surface area contributed by atoms with Gasteiger partial charge in [0, 0.05) is 0 Å². The van der Waals surface area contributed by atoms with Gasteiger partial charge < -0.3 is 5.73 Å². The molecule has 1 aromatic carbocycles. The Kier molecular flexibility index (Phi) is 2.10. The van der Waals surface area contributed by atoms with Crippen molar-refractivity contribution in [2.45, 2.75) is 0 Å². The lowest BCUT2D eigenvalue weighted by Gasteiger charge is -1.86. The van der Waals surface area contributed by atoms with Gasteiger partial charge in [-0.1, -0.05) is 6.07 Å². The summed E-state index contributed by atoms with van der Waals surface area (Å²) in [4.78, 5) is 17.9. The number of fused-ring (bicyclic) bond motifs is 1. The van der Waals surface area contributed by atoms with E-state index in [9.17, 15) is 4.79 Å². The van der Waals surface area contributed by atoms with Crippen LogP contribution in [0.1, 0.15) is 0 Å². The molecule has 5 heteroatoms. The molecule has 2 N–H and O–H groups in total. The summed E-state index contributed by atoms with van der Waals surface area (Å²) >= 11 is 0. The van der Waals surface area contributed by atoms with Crippen molar-refractivity contribution in [2.75, 3.05) is 5.73 Å². The smallest absolute Gasteiger partial charge is 0.368 e. The molecule has 2 rings (SSSR count). The van der Waals surface area contributed by atoms with Crippen LogP contribution in [0.4, 0.5) is 10.5 Å². The molecule has 0 atom stereocenters. The third-order valence-corrected chi connectivity index (χ3v) is 1.47. The molecule has 12 heavy (non-hydrogen) atoms. The Hall–Kier alpha value is -1.42. The first-order chi connectivity index (χ1) is 5.27. The van der Waals surface area contributed by atoms with Crippen molar-refractivity contribution in [3.8, 4) is 0 Å². The van der Waals surface area contributed by atoms with E-state index in [1.807, 2.05) is 0 Å². The number of halogens is 1. The fourth-order valence-electron chi connectivity index (χ4n) is 0.984. The van der Waals surface area contributed by atoms with Crippen molar-refractivity contribution in [2.24, 2.45) is 9.98 Å². The Balaban J connectivity index is 0.000000720. The number of rotatable bonds is 0. The van der Waals surface area contributed by atoms with Crippen LogP contribution in [0.2, 0.25) is 0 Å². The first-order valence-electron chi connectivity index (χ1n) is 3.13. The van der Waals surface area contributed by atoms with Crippen LogP contribution in [0.3, 0.4) is 0 Å². The average molecular weight is 184 g/mol. The molecule has 1 aliphatic rings. The molecule has 4 nitrogen and oxygen atoms in total. The number of benzene rings is 1. The van der Waals surface area contributed by atoms with Crippen molar-refractivity contribution in [3.63, 3.8) is 0 Å². The lowest BCUT2D eigenvalue weighted by atomic mass is 10.3. The van der Waals surface area contributed by atoms with Crippen molar-refractivity contribution in [3.05, 3.63) is 28.9 Å². The zero-order valence-corrected chi connectivity index (χ0v) is 6.84. The molecular formula is C7H6ClN3O. The van der Waals surface area contributed by atoms with Crippen LogP contribution in [0.25, 0.3) is 0 Å². The molecular weight excluding hydrogens is 178 g/mol. The van der Waals surface area contributed by atoms with Gasteiger partial charge in [-0.3, -0.25) is 0 Å². The average Bonchev–Trinajstić information content (AvgIpc) is 2.31. The van der Waals surface area contributed by atoms with E-state index < -0.39 is 6.03 Å². The molecule has 0 spiro atoms. The van der Waals surface area contributed by atoms with Gasteiger partial charge in [0.05, 0.1) is 11.0 Å². The van der Waals surface area contributed by atoms with E-state index in [1.54, 1.807) is 18.2 Å². The monoisotopic (exact) mass is 183 g/mol. The van der Waals surface area contributed by atoms with Gasteiger partial charge in [0.1, 0.15) is 5.36 Å². The summed E-state index contributed by atoms with van der Waals surface area (Å²) in [5.41, 5.74) is 6.03. The highest BCUT2D eigenvalue weighted by Gasteiger charge is 2.05. The zero-order chi connectivity index (χ0) is 7.84. The molecule has 2 amide bonds. The normalized spacial score (nSPS) is 12.5. The van der Waals surface area contributed by atoms with Gasteiger partial charge in [0.2, 0.25) is 0 Å². The fourth-order valence-corrected chi connectivity index (χ4v) is 0.984. The number of urea groups is 1. The van der Waals surface area contributed by atoms with Gasteiger partial charge in [0.15, 0.2) is 0 Å². The van der Waals surface area contributed by atoms with Crippen LogP contribution < -0.4 is 16.4 Å². The summed E-state index contributed by atoms with van der Waals surface area (Å²) in [6, 6.07) is 4.67. The number of hydrogen-bond donors (Lipinski definition) is 1. The van der Waals surface area contributed by atoms with Gasteiger partial charge in [-0.15, -0.1) is 12.4 Å². The molecule has 62 valence electrons. The zero-order valence-electron chi connectivity index (χ0n) is 6.02. The number of anilines is 1. The lowest BCUT2D eigenvalue weighted by molar-refractivity contribution is 0.256. The quantitative estimate of drug-likeness (QED) is 0.578. The van der Waals surface area contributed by atoms with E-state index in [0.29, 0.717) is 16.4 Å². The molecule has 1 aromatic rings. The summed E-state index contributed by atoms with van der Waals surface area (Å²) in [7, 11) is 0. The second kappa shape index (κ2) is 2.91. The number of amides is 2. The number of nitrogens with two attached hydrogens (primary N) is 1. The van der Waals surface area contributed by atoms with Crippen LogP contribution in [0, 0.1) is 0 Å². The summed E-state index contributed by atoms with van der Waals surface area (Å²) in [5.74, 6) is 0. The van der Waals surface area contributed by atoms with Crippen LogP contribution in [-0.2, 0) is 0 Å². The maximum absolute atomic E-state index is 10.7. The van der Waals surface area contributed by atoms with Gasteiger partial charge >= 0.3 is 6.03 Å². The molecule has 0 unspecified atom stereocenters. The minimum atomic E-state index is -0.474. The Morgan fingerprint density at radius 1 is 1.25 bits per heavy atom. The molecule has 0 saturated heterocycles. The first kappa shape index (κ1) is 8.67. The lowest BCUT2D eigenvalue weighted by Crippen LogP contribution is -2.24. The van der Waals surface area contributed by atoms with E-state index in [0.717, 1.165) is 0 Å². The van der Waals surface area contributed by atoms with E-state index in [-0.39, 0.29) is 12.4 Å². The molecule has 0 aliphatic carbocycles. The summed E-state index contributed by atoms with van der Waals surface area (Å²) < 4.78 is 0. The van der Waals surface area contributed by atoms with Crippen molar-refractivity contribution in [1.29, 1.82) is 0 Å². The van der Waals surface area contributed by atoms with Gasteiger partial charge in [0.25, 0.3) is 0 Å². The van der Waals surface area contributed by atoms with Crippen molar-refractivity contribution in [1.82, 2.24) is 0 Å². The molecule has 0 saturated carbocycles. The first-order valence-corrected chi connectivity index (χ1v) is 3.13. The number of carbonyl (C=O) groups excluding carboxylic acids is 1. The predicted molar refractivity (Wildman–Crippen MR) is 45.8 cm³/mol. The Morgan fingerprint density at radius 3 is 2.67 bits per heavy atom. The second-order valence-electron chi connectivity index (χ2n) is 2.22. The van der Waals surface area contributed by atoms with E-state index in [4.69, 9.17) is 5.73 Å². The summed E-state index contributed by atoms with van der Waals surface area (Å²) in [6.07, 6.45) is 0. The van der Waals surface area contributed by atoms with Crippen LogP contribution in [0.15, 0.2) is 28.2 Å². The number of nitrogen functional groups attached to an aromatic ring is 1. The maximum atomic E-state index is 10.7. The number of hydrogen-bond acceptors (Lipinski definition) is 2. The summed E-state index contributed by atoms with van der Waals surface area (Å²) in [6.45, 7) is 0. The highest BCUT2D eigenvalue weighted by Crippen LogP contribution is 1.91. The minimum absolute atomic E-state index is 0. The topological polar surface area (TPSA) is 67.8 Å². The minimum Gasteiger partial charge on any atom is -0.397 e. The SMILES string of the molecule is Cl.Nc1cccc2c1=NC(=O)N=2. The van der Waals surface area contributed by atoms with Gasteiger partial charge in [-0.2, -0.15) is 9.98 Å². The third kappa shape index (κ3) is 1.16. The third-order valence-electron chi connectivity index (χ3n) is 1.47. The number of carbonyl (C=O) groups is 1. The Bertz CT molecular complexity index is 440. The second-order valence-corrected chi connectivity index (χ2v) is 2.22. The van der Waals surface area contributed by atoms with Crippen molar-refractivity contribution >= 4 is 24.1 Å². The van der Waals surface area contributed by atoms with Crippen LogP contribution in [0.5, 0.6) is 0 Å². The predicted octanol–water partition coefficient (Wildman–Crippen LogP) is 0.0634. The van der Waals surface area contributed by atoms with E-state index in [2.05, 4.69) is 9.98 Å². The van der Waals surface area contributed by atoms with Crippen LogP contribution in [-0.4, -0.2) is 6.03 Å². The standard InChI is InChI=1S/C7H5N3O.ClH/c8-4-2-1-3-5-6(4)10-7(11)9-5;/h1-3H,8H2;1H. The van der Waals surface area contributed by atoms with E-state index >= 15 is 0 Å². The van der Waals surface area contributed by atoms with E-state index in [1.165, 1.54) is 0 Å². The Morgan fingerprint density at radius 2 is 2.00 bits per heavy atom. The molecule has 1 heterocycles. The number of nitrogens with zero attached hydrogens (tertiary/aromatic N) is 2. The van der Waals surface area contributed by atoms with Gasteiger partial charge in [-0.05, 0) is 12.1 Å². The highest BCUT2D eigenvalue weighted by atomic mass is 35.5. The molecule has 0 aromatic heterocycles.